The van der Waals surface area contributed by atoms with Gasteiger partial charge < -0.3 is 15.2 Å². The molecular formula is C20H26ClNO2. The molecule has 4 heteroatoms. The number of aliphatic hydroxyl groups excluding tert-OH is 1. The summed E-state index contributed by atoms with van der Waals surface area (Å²) in [7, 11) is 0. The van der Waals surface area contributed by atoms with E-state index in [9.17, 15) is 5.11 Å². The van der Waals surface area contributed by atoms with Gasteiger partial charge in [0.15, 0.2) is 0 Å². The second kappa shape index (κ2) is 9.07. The highest BCUT2D eigenvalue weighted by atomic mass is 35.5. The molecule has 0 saturated heterocycles. The SMILES string of the molecule is CCC(NCC(O)COc1ccc(C)cc1Cl)c1ccc(C)cc1. The number of aryl methyl sites for hydroxylation is 2. The molecule has 2 aromatic carbocycles. The van der Waals surface area contributed by atoms with Crippen molar-refractivity contribution in [3.63, 3.8) is 0 Å². The van der Waals surface area contributed by atoms with E-state index in [2.05, 4.69) is 43.4 Å². The number of hydrogen-bond acceptors (Lipinski definition) is 3. The Morgan fingerprint density at radius 3 is 2.38 bits per heavy atom. The van der Waals surface area contributed by atoms with Gasteiger partial charge in [0.05, 0.1) is 5.02 Å². The summed E-state index contributed by atoms with van der Waals surface area (Å²) in [5.41, 5.74) is 3.56. The van der Waals surface area contributed by atoms with Crippen LogP contribution in [-0.4, -0.2) is 24.4 Å². The van der Waals surface area contributed by atoms with E-state index in [-0.39, 0.29) is 12.6 Å². The van der Waals surface area contributed by atoms with Crippen molar-refractivity contribution in [2.45, 2.75) is 39.3 Å². The minimum Gasteiger partial charge on any atom is -0.489 e. The van der Waals surface area contributed by atoms with Crippen LogP contribution in [-0.2, 0) is 0 Å². The Kier molecular flexibility index (Phi) is 7.10. The molecule has 2 atom stereocenters. The Hall–Kier alpha value is -1.55. The molecule has 2 N–H and O–H groups in total. The van der Waals surface area contributed by atoms with Crippen LogP contribution in [0.2, 0.25) is 5.02 Å². The molecule has 2 rings (SSSR count). The number of ether oxygens (including phenoxy) is 1. The first-order valence-corrected chi connectivity index (χ1v) is 8.74. The van der Waals surface area contributed by atoms with Crippen LogP contribution in [0.4, 0.5) is 0 Å². The van der Waals surface area contributed by atoms with Gasteiger partial charge in [-0.2, -0.15) is 0 Å². The smallest absolute Gasteiger partial charge is 0.138 e. The average molecular weight is 348 g/mol. The van der Waals surface area contributed by atoms with Gasteiger partial charge in [-0.3, -0.25) is 0 Å². The minimum absolute atomic E-state index is 0.208. The summed E-state index contributed by atoms with van der Waals surface area (Å²) in [5, 5.41) is 14.1. The van der Waals surface area contributed by atoms with E-state index in [4.69, 9.17) is 16.3 Å². The van der Waals surface area contributed by atoms with E-state index in [0.29, 0.717) is 17.3 Å². The van der Waals surface area contributed by atoms with Crippen LogP contribution in [0.5, 0.6) is 5.75 Å². The molecule has 0 saturated carbocycles. The molecule has 24 heavy (non-hydrogen) atoms. The van der Waals surface area contributed by atoms with E-state index in [0.717, 1.165) is 12.0 Å². The van der Waals surface area contributed by atoms with Crippen molar-refractivity contribution in [2.75, 3.05) is 13.2 Å². The lowest BCUT2D eigenvalue weighted by molar-refractivity contribution is 0.103. The first-order chi connectivity index (χ1) is 11.5. The zero-order valence-electron chi connectivity index (χ0n) is 14.6. The van der Waals surface area contributed by atoms with Crippen LogP contribution in [0.15, 0.2) is 42.5 Å². The molecular weight excluding hydrogens is 322 g/mol. The Bertz CT molecular complexity index is 643. The summed E-state index contributed by atoms with van der Waals surface area (Å²) in [6.45, 7) is 6.86. The lowest BCUT2D eigenvalue weighted by Crippen LogP contribution is -2.33. The zero-order valence-corrected chi connectivity index (χ0v) is 15.3. The molecule has 0 heterocycles. The van der Waals surface area contributed by atoms with Crippen molar-refractivity contribution in [1.29, 1.82) is 0 Å². The van der Waals surface area contributed by atoms with E-state index in [1.165, 1.54) is 11.1 Å². The molecule has 2 unspecified atom stereocenters. The van der Waals surface area contributed by atoms with Crippen molar-refractivity contribution in [3.8, 4) is 5.75 Å². The van der Waals surface area contributed by atoms with E-state index in [1.54, 1.807) is 0 Å². The summed E-state index contributed by atoms with van der Waals surface area (Å²) in [6.07, 6.45) is 0.363. The number of nitrogens with one attached hydrogen (secondary N) is 1. The van der Waals surface area contributed by atoms with Gasteiger partial charge in [0.1, 0.15) is 18.5 Å². The molecule has 3 nitrogen and oxygen atoms in total. The van der Waals surface area contributed by atoms with Gasteiger partial charge in [0, 0.05) is 12.6 Å². The van der Waals surface area contributed by atoms with Gasteiger partial charge in [-0.25, -0.2) is 0 Å². The van der Waals surface area contributed by atoms with Crippen LogP contribution in [0, 0.1) is 13.8 Å². The maximum Gasteiger partial charge on any atom is 0.138 e. The number of hydrogen-bond donors (Lipinski definition) is 2. The van der Waals surface area contributed by atoms with Crippen molar-refractivity contribution in [2.24, 2.45) is 0 Å². The van der Waals surface area contributed by atoms with Gasteiger partial charge >= 0.3 is 0 Å². The summed E-state index contributed by atoms with van der Waals surface area (Å²) in [6, 6.07) is 14.3. The minimum atomic E-state index is -0.595. The predicted octanol–water partition coefficient (Wildman–Crippen LogP) is 4.44. The fraction of sp³-hybridized carbons (Fsp3) is 0.400. The lowest BCUT2D eigenvalue weighted by Gasteiger charge is -2.20. The Morgan fingerprint density at radius 2 is 1.75 bits per heavy atom. The number of halogens is 1. The summed E-state index contributed by atoms with van der Waals surface area (Å²) in [4.78, 5) is 0. The highest BCUT2D eigenvalue weighted by Crippen LogP contribution is 2.25. The molecule has 0 aliphatic carbocycles. The molecule has 2 aromatic rings. The Balaban J connectivity index is 1.83. The quantitative estimate of drug-likeness (QED) is 0.741. The third-order valence-electron chi connectivity index (χ3n) is 4.01. The monoisotopic (exact) mass is 347 g/mol. The molecule has 0 aliphatic rings. The van der Waals surface area contributed by atoms with E-state index >= 15 is 0 Å². The molecule has 0 bridgehead atoms. The second-order valence-electron chi connectivity index (χ2n) is 6.18. The van der Waals surface area contributed by atoms with Crippen LogP contribution < -0.4 is 10.1 Å². The molecule has 0 aromatic heterocycles. The van der Waals surface area contributed by atoms with Crippen LogP contribution in [0.25, 0.3) is 0 Å². The van der Waals surface area contributed by atoms with Crippen molar-refractivity contribution >= 4 is 11.6 Å². The number of aliphatic hydroxyl groups is 1. The highest BCUT2D eigenvalue weighted by Gasteiger charge is 2.12. The lowest BCUT2D eigenvalue weighted by atomic mass is 10.0. The van der Waals surface area contributed by atoms with Gasteiger partial charge in [0.25, 0.3) is 0 Å². The average Bonchev–Trinajstić information content (AvgIpc) is 2.56. The van der Waals surface area contributed by atoms with E-state index in [1.807, 2.05) is 25.1 Å². The summed E-state index contributed by atoms with van der Waals surface area (Å²) < 4.78 is 5.62. The van der Waals surface area contributed by atoms with Crippen LogP contribution in [0.3, 0.4) is 0 Å². The van der Waals surface area contributed by atoms with Gasteiger partial charge in [-0.15, -0.1) is 0 Å². The summed E-state index contributed by atoms with van der Waals surface area (Å²) >= 11 is 6.13. The van der Waals surface area contributed by atoms with E-state index < -0.39 is 6.10 Å². The molecule has 0 radical (unpaired) electrons. The highest BCUT2D eigenvalue weighted by molar-refractivity contribution is 6.32. The van der Waals surface area contributed by atoms with Crippen molar-refractivity contribution < 1.29 is 9.84 Å². The molecule has 0 amide bonds. The molecule has 130 valence electrons. The number of benzene rings is 2. The van der Waals surface area contributed by atoms with Crippen LogP contribution in [0.1, 0.15) is 36.1 Å². The third-order valence-corrected chi connectivity index (χ3v) is 4.30. The topological polar surface area (TPSA) is 41.5 Å². The predicted molar refractivity (Wildman–Crippen MR) is 99.9 cm³/mol. The second-order valence-corrected chi connectivity index (χ2v) is 6.59. The van der Waals surface area contributed by atoms with Gasteiger partial charge in [0.2, 0.25) is 0 Å². The first kappa shape index (κ1) is 18.8. The van der Waals surface area contributed by atoms with Gasteiger partial charge in [-0.1, -0.05) is 54.4 Å². The normalized spacial score (nSPS) is 13.5. The standard InChI is InChI=1S/C20H26ClNO2/c1-4-19(16-8-5-14(2)6-9-16)22-12-17(23)13-24-20-10-7-15(3)11-18(20)21/h5-11,17,19,22-23H,4,12-13H2,1-3H3. The molecule has 0 spiro atoms. The van der Waals surface area contributed by atoms with Crippen molar-refractivity contribution in [3.05, 3.63) is 64.2 Å². The number of rotatable bonds is 8. The first-order valence-electron chi connectivity index (χ1n) is 8.36. The van der Waals surface area contributed by atoms with Crippen LogP contribution >= 0.6 is 11.6 Å². The van der Waals surface area contributed by atoms with Gasteiger partial charge in [-0.05, 0) is 43.5 Å². The Morgan fingerprint density at radius 1 is 1.08 bits per heavy atom. The zero-order chi connectivity index (χ0) is 17.5. The fourth-order valence-electron chi connectivity index (χ4n) is 2.54. The largest absolute Gasteiger partial charge is 0.489 e. The van der Waals surface area contributed by atoms with Crippen molar-refractivity contribution in [1.82, 2.24) is 5.32 Å². The maximum atomic E-state index is 10.2. The maximum absolute atomic E-state index is 10.2. The third kappa shape index (κ3) is 5.52. The fourth-order valence-corrected chi connectivity index (χ4v) is 2.83. The molecule has 0 fully saturated rings. The Labute approximate surface area is 149 Å². The molecule has 0 aliphatic heterocycles. The summed E-state index contributed by atoms with van der Waals surface area (Å²) in [5.74, 6) is 0.604.